The van der Waals surface area contributed by atoms with Gasteiger partial charge in [-0.15, -0.1) is 0 Å². The Labute approximate surface area is 153 Å². The number of thioether (sulfide) groups is 1. The number of carbonyl (C=O) groups is 2. The Hall–Kier alpha value is -1.73. The molecule has 1 amide bonds. The van der Waals surface area contributed by atoms with Gasteiger partial charge in [0.2, 0.25) is 0 Å². The van der Waals surface area contributed by atoms with Crippen molar-refractivity contribution in [2.24, 2.45) is 0 Å². The van der Waals surface area contributed by atoms with Crippen LogP contribution in [0.3, 0.4) is 0 Å². The summed E-state index contributed by atoms with van der Waals surface area (Å²) in [6, 6.07) is 6.72. The van der Waals surface area contributed by atoms with E-state index < -0.39 is 12.0 Å². The van der Waals surface area contributed by atoms with Gasteiger partial charge in [0.25, 0.3) is 5.91 Å². The van der Waals surface area contributed by atoms with Gasteiger partial charge in [0.1, 0.15) is 11.8 Å². The van der Waals surface area contributed by atoms with Crippen LogP contribution in [0.5, 0.6) is 5.75 Å². The Kier molecular flexibility index (Phi) is 8.78. The van der Waals surface area contributed by atoms with Gasteiger partial charge in [-0.3, -0.25) is 9.59 Å². The predicted molar refractivity (Wildman–Crippen MR) is 101 cm³/mol. The molecule has 0 aliphatic rings. The number of carboxylic acids is 1. The standard InChI is InChI=1S/C18H28N2O4S/c1-18(2,3)20-16(21)12-24-14-7-5-13(6-8-14)11-19-15(17(22)23)9-10-25-4/h5-8,15,19H,9-12H2,1-4H3,(H,20,21)(H,22,23). The quantitative estimate of drug-likeness (QED) is 0.587. The second-order valence-electron chi connectivity index (χ2n) is 6.78. The zero-order chi connectivity index (χ0) is 18.9. The van der Waals surface area contributed by atoms with E-state index in [0.29, 0.717) is 18.7 Å². The molecule has 1 aromatic carbocycles. The smallest absolute Gasteiger partial charge is 0.320 e. The van der Waals surface area contributed by atoms with Gasteiger partial charge in [0.15, 0.2) is 6.61 Å². The zero-order valence-electron chi connectivity index (χ0n) is 15.3. The number of hydrogen-bond donors (Lipinski definition) is 3. The molecule has 0 radical (unpaired) electrons. The fourth-order valence-electron chi connectivity index (χ4n) is 2.10. The second-order valence-corrected chi connectivity index (χ2v) is 7.77. The average molecular weight is 368 g/mol. The first-order valence-electron chi connectivity index (χ1n) is 8.19. The molecule has 0 bridgehead atoms. The van der Waals surface area contributed by atoms with Crippen LogP contribution in [0.2, 0.25) is 0 Å². The molecule has 0 aliphatic heterocycles. The Bertz CT molecular complexity index is 555. The summed E-state index contributed by atoms with van der Waals surface area (Å²) in [5.74, 6) is 0.396. The fraction of sp³-hybridized carbons (Fsp3) is 0.556. The van der Waals surface area contributed by atoms with Crippen molar-refractivity contribution in [1.29, 1.82) is 0 Å². The van der Waals surface area contributed by atoms with Crippen LogP contribution < -0.4 is 15.4 Å². The molecule has 140 valence electrons. The number of ether oxygens (including phenoxy) is 1. The Morgan fingerprint density at radius 2 is 1.88 bits per heavy atom. The van der Waals surface area contributed by atoms with E-state index in [4.69, 9.17) is 4.74 Å². The molecular weight excluding hydrogens is 340 g/mol. The molecule has 7 heteroatoms. The highest BCUT2D eigenvalue weighted by Gasteiger charge is 2.16. The second kappa shape index (κ2) is 10.3. The number of carboxylic acid groups (broad SMARTS) is 1. The van der Waals surface area contributed by atoms with Gasteiger partial charge >= 0.3 is 5.97 Å². The van der Waals surface area contributed by atoms with Crippen LogP contribution >= 0.6 is 11.8 Å². The third kappa shape index (κ3) is 9.36. The Morgan fingerprint density at radius 3 is 2.40 bits per heavy atom. The third-order valence-corrected chi connectivity index (χ3v) is 3.91. The molecule has 1 atom stereocenters. The number of carbonyl (C=O) groups excluding carboxylic acids is 1. The molecule has 25 heavy (non-hydrogen) atoms. The molecule has 0 heterocycles. The maximum Gasteiger partial charge on any atom is 0.320 e. The minimum absolute atomic E-state index is 0.0371. The van der Waals surface area contributed by atoms with Gasteiger partial charge in [0.05, 0.1) is 0 Å². The van der Waals surface area contributed by atoms with Crippen LogP contribution in [-0.4, -0.2) is 47.2 Å². The molecule has 3 N–H and O–H groups in total. The minimum atomic E-state index is -0.834. The van der Waals surface area contributed by atoms with Crippen molar-refractivity contribution in [3.63, 3.8) is 0 Å². The maximum absolute atomic E-state index is 11.7. The zero-order valence-corrected chi connectivity index (χ0v) is 16.1. The summed E-state index contributed by atoms with van der Waals surface area (Å²) in [5.41, 5.74) is 0.675. The monoisotopic (exact) mass is 368 g/mol. The predicted octanol–water partition coefficient (Wildman–Crippen LogP) is 2.28. The SMILES string of the molecule is CSCCC(NCc1ccc(OCC(=O)NC(C)(C)C)cc1)C(=O)O. The lowest BCUT2D eigenvalue weighted by Gasteiger charge is -2.20. The fourth-order valence-corrected chi connectivity index (χ4v) is 2.57. The number of amides is 1. The van der Waals surface area contributed by atoms with Crippen molar-refractivity contribution in [2.75, 3.05) is 18.6 Å². The van der Waals surface area contributed by atoms with Crippen molar-refractivity contribution in [3.05, 3.63) is 29.8 Å². The molecule has 1 unspecified atom stereocenters. The van der Waals surface area contributed by atoms with Crippen molar-refractivity contribution < 1.29 is 19.4 Å². The summed E-state index contributed by atoms with van der Waals surface area (Å²) in [4.78, 5) is 22.9. The lowest BCUT2D eigenvalue weighted by atomic mass is 10.1. The largest absolute Gasteiger partial charge is 0.484 e. The van der Waals surface area contributed by atoms with E-state index in [1.54, 1.807) is 23.9 Å². The van der Waals surface area contributed by atoms with E-state index in [9.17, 15) is 14.7 Å². The van der Waals surface area contributed by atoms with Gasteiger partial charge < -0.3 is 20.5 Å². The van der Waals surface area contributed by atoms with Crippen LogP contribution in [-0.2, 0) is 16.1 Å². The molecule has 0 aromatic heterocycles. The summed E-state index contributed by atoms with van der Waals surface area (Å²) in [5, 5.41) is 15.1. The van der Waals surface area contributed by atoms with Crippen LogP contribution in [0.15, 0.2) is 24.3 Å². The highest BCUT2D eigenvalue weighted by Crippen LogP contribution is 2.13. The first-order chi connectivity index (χ1) is 11.7. The topological polar surface area (TPSA) is 87.7 Å². The van der Waals surface area contributed by atoms with Gasteiger partial charge in [-0.1, -0.05) is 12.1 Å². The molecule has 1 aromatic rings. The molecular formula is C18H28N2O4S. The molecule has 1 rings (SSSR count). The van der Waals surface area contributed by atoms with Crippen LogP contribution in [0.25, 0.3) is 0 Å². The van der Waals surface area contributed by atoms with Crippen molar-refractivity contribution in [1.82, 2.24) is 10.6 Å². The first kappa shape index (κ1) is 21.3. The van der Waals surface area contributed by atoms with Crippen molar-refractivity contribution >= 4 is 23.6 Å². The molecule has 0 aliphatic carbocycles. The summed E-state index contributed by atoms with van der Waals surface area (Å²) in [6.45, 7) is 6.17. The lowest BCUT2D eigenvalue weighted by molar-refractivity contribution is -0.139. The molecule has 0 fully saturated rings. The van der Waals surface area contributed by atoms with Gasteiger partial charge in [-0.2, -0.15) is 11.8 Å². The van der Waals surface area contributed by atoms with E-state index in [-0.39, 0.29) is 18.1 Å². The van der Waals surface area contributed by atoms with Crippen molar-refractivity contribution in [3.8, 4) is 5.75 Å². The number of rotatable bonds is 10. The van der Waals surface area contributed by atoms with Crippen LogP contribution in [0, 0.1) is 0 Å². The summed E-state index contributed by atoms with van der Waals surface area (Å²) in [7, 11) is 0. The first-order valence-corrected chi connectivity index (χ1v) is 9.58. The van der Waals surface area contributed by atoms with Crippen LogP contribution in [0.1, 0.15) is 32.8 Å². The molecule has 0 saturated heterocycles. The number of benzene rings is 1. The van der Waals surface area contributed by atoms with E-state index >= 15 is 0 Å². The summed E-state index contributed by atoms with van der Waals surface area (Å²) < 4.78 is 5.46. The third-order valence-electron chi connectivity index (χ3n) is 3.27. The van der Waals surface area contributed by atoms with Gasteiger partial charge in [-0.25, -0.2) is 0 Å². The van der Waals surface area contributed by atoms with Crippen LogP contribution in [0.4, 0.5) is 0 Å². The maximum atomic E-state index is 11.7. The highest BCUT2D eigenvalue weighted by atomic mass is 32.2. The Balaban J connectivity index is 2.45. The summed E-state index contributed by atoms with van der Waals surface area (Å²) in [6.07, 6.45) is 2.54. The Morgan fingerprint density at radius 1 is 1.24 bits per heavy atom. The van der Waals surface area contributed by atoms with Gasteiger partial charge in [-0.05, 0) is 56.9 Å². The number of aliphatic carboxylic acids is 1. The van der Waals surface area contributed by atoms with Crippen molar-refractivity contribution in [2.45, 2.75) is 45.3 Å². The highest BCUT2D eigenvalue weighted by molar-refractivity contribution is 7.98. The van der Waals surface area contributed by atoms with Gasteiger partial charge in [0, 0.05) is 12.1 Å². The minimum Gasteiger partial charge on any atom is -0.484 e. The normalized spacial score (nSPS) is 12.5. The van der Waals surface area contributed by atoms with E-state index in [1.807, 2.05) is 39.2 Å². The summed E-state index contributed by atoms with van der Waals surface area (Å²) >= 11 is 1.63. The van der Waals surface area contributed by atoms with E-state index in [1.165, 1.54) is 0 Å². The number of nitrogens with one attached hydrogen (secondary N) is 2. The number of hydrogen-bond acceptors (Lipinski definition) is 5. The lowest BCUT2D eigenvalue weighted by Crippen LogP contribution is -2.43. The molecule has 0 saturated carbocycles. The van der Waals surface area contributed by atoms with E-state index in [0.717, 1.165) is 11.3 Å². The molecule has 6 nitrogen and oxygen atoms in total. The average Bonchev–Trinajstić information content (AvgIpc) is 2.52. The van der Waals surface area contributed by atoms with E-state index in [2.05, 4.69) is 10.6 Å². The molecule has 0 spiro atoms.